The summed E-state index contributed by atoms with van der Waals surface area (Å²) in [6.45, 7) is 3.82. The van der Waals surface area contributed by atoms with Crippen molar-refractivity contribution in [3.05, 3.63) is 24.3 Å². The number of rotatable bonds is 62. The summed E-state index contributed by atoms with van der Waals surface area (Å²) in [5.74, 6) is -0.178. The molecule has 0 bridgehead atoms. The third-order valence-corrected chi connectivity index (χ3v) is 17.0. The van der Waals surface area contributed by atoms with Crippen LogP contribution in [0.15, 0.2) is 24.3 Å². The molecule has 1 aliphatic heterocycles. The zero-order chi connectivity index (χ0) is 57.2. The summed E-state index contributed by atoms with van der Waals surface area (Å²) >= 11 is 0. The number of unbranched alkanes of at least 4 members (excludes halogenated alkanes) is 50. The molecule has 79 heavy (non-hydrogen) atoms. The van der Waals surface area contributed by atoms with Crippen molar-refractivity contribution >= 4 is 5.91 Å². The molecule has 7 unspecified atom stereocenters. The Bertz CT molecular complexity index is 1300. The molecule has 9 nitrogen and oxygen atoms in total. The van der Waals surface area contributed by atoms with Crippen LogP contribution in [0.5, 0.6) is 0 Å². The van der Waals surface area contributed by atoms with Gasteiger partial charge < -0.3 is 40.3 Å². The Labute approximate surface area is 489 Å². The molecule has 0 aromatic carbocycles. The van der Waals surface area contributed by atoms with E-state index in [0.29, 0.717) is 6.42 Å². The van der Waals surface area contributed by atoms with E-state index in [1.54, 1.807) is 6.08 Å². The zero-order valence-corrected chi connectivity index (χ0v) is 52.4. The van der Waals surface area contributed by atoms with E-state index in [1.807, 2.05) is 6.08 Å². The molecule has 0 aliphatic carbocycles. The Kier molecular flexibility index (Phi) is 57.3. The maximum absolute atomic E-state index is 13.1. The van der Waals surface area contributed by atoms with Gasteiger partial charge in [-0.1, -0.05) is 346 Å². The molecule has 6 N–H and O–H groups in total. The molecule has 0 aromatic heterocycles. The molecule has 1 fully saturated rings. The molecule has 1 rings (SSSR count). The van der Waals surface area contributed by atoms with Crippen molar-refractivity contribution in [2.75, 3.05) is 13.2 Å². The van der Waals surface area contributed by atoms with Crippen LogP contribution in [-0.4, -0.2) is 87.5 Å². The van der Waals surface area contributed by atoms with E-state index in [4.69, 9.17) is 9.47 Å². The van der Waals surface area contributed by atoms with Gasteiger partial charge in [-0.3, -0.25) is 4.79 Å². The predicted molar refractivity (Wildman–Crippen MR) is 337 cm³/mol. The Morgan fingerprint density at radius 3 is 1.06 bits per heavy atom. The zero-order valence-electron chi connectivity index (χ0n) is 52.4. The van der Waals surface area contributed by atoms with Gasteiger partial charge in [0.1, 0.15) is 24.4 Å². The fourth-order valence-corrected chi connectivity index (χ4v) is 11.5. The number of allylic oxidation sites excluding steroid dienone is 3. The lowest BCUT2D eigenvalue weighted by molar-refractivity contribution is -0.302. The third kappa shape index (κ3) is 48.7. The maximum Gasteiger partial charge on any atom is 0.220 e. The summed E-state index contributed by atoms with van der Waals surface area (Å²) in [5.41, 5.74) is 0. The third-order valence-electron chi connectivity index (χ3n) is 17.0. The number of nitrogens with one attached hydrogen (secondary N) is 1. The molecule has 7 atom stereocenters. The number of ether oxygens (including phenoxy) is 2. The van der Waals surface area contributed by atoms with Crippen molar-refractivity contribution in [1.82, 2.24) is 5.32 Å². The fraction of sp³-hybridized carbons (Fsp3) is 0.929. The maximum atomic E-state index is 13.1. The van der Waals surface area contributed by atoms with Crippen molar-refractivity contribution < 1.29 is 39.8 Å². The van der Waals surface area contributed by atoms with Gasteiger partial charge in [-0.05, 0) is 32.1 Å². The second kappa shape index (κ2) is 59.8. The lowest BCUT2D eigenvalue weighted by atomic mass is 9.99. The molecule has 0 saturated carbocycles. The summed E-state index contributed by atoms with van der Waals surface area (Å²) in [4.78, 5) is 13.1. The Hall–Kier alpha value is -1.33. The van der Waals surface area contributed by atoms with Crippen molar-refractivity contribution in [1.29, 1.82) is 0 Å². The average Bonchev–Trinajstić information content (AvgIpc) is 3.47. The van der Waals surface area contributed by atoms with Crippen LogP contribution in [0.2, 0.25) is 0 Å². The van der Waals surface area contributed by atoms with Crippen molar-refractivity contribution in [3.8, 4) is 0 Å². The number of hydrogen-bond donors (Lipinski definition) is 6. The number of hydrogen-bond acceptors (Lipinski definition) is 8. The summed E-state index contributed by atoms with van der Waals surface area (Å²) in [5, 5.41) is 54.7. The van der Waals surface area contributed by atoms with E-state index < -0.39 is 49.5 Å². The van der Waals surface area contributed by atoms with Gasteiger partial charge in [-0.15, -0.1) is 0 Å². The van der Waals surface area contributed by atoms with E-state index in [0.717, 1.165) is 38.5 Å². The van der Waals surface area contributed by atoms with E-state index in [-0.39, 0.29) is 12.5 Å². The molecular formula is C70H135NO8. The Balaban J connectivity index is 2.11. The molecule has 1 heterocycles. The minimum atomic E-state index is -1.57. The minimum Gasteiger partial charge on any atom is -0.394 e. The lowest BCUT2D eigenvalue weighted by Gasteiger charge is -2.40. The Morgan fingerprint density at radius 2 is 0.722 bits per heavy atom. The topological polar surface area (TPSA) is 149 Å². The molecule has 0 spiro atoms. The second-order valence-electron chi connectivity index (χ2n) is 24.7. The van der Waals surface area contributed by atoms with E-state index >= 15 is 0 Å². The molecule has 1 saturated heterocycles. The standard InChI is InChI=1S/C70H135NO8/c1-3-5-7-9-11-13-15-17-19-21-23-25-27-28-29-30-31-32-33-34-35-36-38-40-42-44-46-48-50-52-54-56-58-60-66(74)71-63(62-78-70-69(77)68(76)67(75)65(61-72)79-70)64(73)59-57-55-53-51-49-47-45-43-41-39-37-26-24-22-20-18-16-14-12-10-8-6-4-2/h49,51,57,59,63-65,67-70,72-73,75-77H,3-48,50,52-56,58,60-62H2,1-2H3,(H,71,74)/b51-49+,59-57+. The van der Waals surface area contributed by atoms with Crippen molar-refractivity contribution in [2.24, 2.45) is 0 Å². The molecule has 1 amide bonds. The number of carbonyl (C=O) groups excluding carboxylic acids is 1. The van der Waals surface area contributed by atoms with Crippen LogP contribution >= 0.6 is 0 Å². The Morgan fingerprint density at radius 1 is 0.418 bits per heavy atom. The number of aliphatic hydroxyl groups excluding tert-OH is 5. The van der Waals surface area contributed by atoms with Crippen LogP contribution in [0.25, 0.3) is 0 Å². The first-order chi connectivity index (χ1) is 38.8. The highest BCUT2D eigenvalue weighted by Gasteiger charge is 2.44. The highest BCUT2D eigenvalue weighted by molar-refractivity contribution is 5.76. The molecule has 0 aromatic rings. The smallest absolute Gasteiger partial charge is 0.220 e. The van der Waals surface area contributed by atoms with Crippen molar-refractivity contribution in [2.45, 2.75) is 403 Å². The summed E-state index contributed by atoms with van der Waals surface area (Å²) < 4.78 is 11.3. The van der Waals surface area contributed by atoms with E-state index in [9.17, 15) is 30.3 Å². The monoisotopic (exact) mass is 1120 g/mol. The van der Waals surface area contributed by atoms with Crippen molar-refractivity contribution in [3.63, 3.8) is 0 Å². The molecule has 9 heteroatoms. The minimum absolute atomic E-state index is 0.178. The van der Waals surface area contributed by atoms with Gasteiger partial charge in [0.05, 0.1) is 25.4 Å². The van der Waals surface area contributed by atoms with Gasteiger partial charge in [-0.25, -0.2) is 0 Å². The van der Waals surface area contributed by atoms with Crippen LogP contribution in [0.4, 0.5) is 0 Å². The first-order valence-corrected chi connectivity index (χ1v) is 35.1. The molecule has 1 aliphatic rings. The number of amides is 1. The summed E-state index contributed by atoms with van der Waals surface area (Å²) in [6, 6.07) is -0.820. The van der Waals surface area contributed by atoms with Crippen LogP contribution in [0, 0.1) is 0 Å². The summed E-state index contributed by atoms with van der Waals surface area (Å²) in [7, 11) is 0. The van der Waals surface area contributed by atoms with Gasteiger partial charge in [0, 0.05) is 6.42 Å². The second-order valence-corrected chi connectivity index (χ2v) is 24.7. The average molecular weight is 1120 g/mol. The highest BCUT2D eigenvalue weighted by Crippen LogP contribution is 2.23. The molecule has 468 valence electrons. The number of aliphatic hydroxyl groups is 5. The summed E-state index contributed by atoms with van der Waals surface area (Å²) in [6.07, 6.45) is 71.6. The van der Waals surface area contributed by atoms with Crippen LogP contribution in [-0.2, 0) is 14.3 Å². The predicted octanol–water partition coefficient (Wildman–Crippen LogP) is 18.9. The SMILES string of the molecule is CCCCCCCCCCCCCCCCCCC/C=C/CC/C=C/C(O)C(COC1OC(CO)C(O)C(O)C1O)NC(=O)CCCCCCCCCCCCCCCCCCCCCCCCCCCCCCCCCCC. The number of carbonyl (C=O) groups is 1. The quantitative estimate of drug-likeness (QED) is 0.0261. The van der Waals surface area contributed by atoms with E-state index in [2.05, 4.69) is 31.3 Å². The normalized spacial score (nSPS) is 18.6. The van der Waals surface area contributed by atoms with Gasteiger partial charge in [0.2, 0.25) is 5.91 Å². The fourth-order valence-electron chi connectivity index (χ4n) is 11.5. The molecule has 0 radical (unpaired) electrons. The van der Waals surface area contributed by atoms with Crippen LogP contribution in [0.3, 0.4) is 0 Å². The molecular weight excluding hydrogens is 983 g/mol. The van der Waals surface area contributed by atoms with Gasteiger partial charge >= 0.3 is 0 Å². The van der Waals surface area contributed by atoms with E-state index in [1.165, 1.54) is 302 Å². The van der Waals surface area contributed by atoms with Gasteiger partial charge in [-0.2, -0.15) is 0 Å². The van der Waals surface area contributed by atoms with Crippen LogP contribution in [0.1, 0.15) is 361 Å². The van der Waals surface area contributed by atoms with Crippen LogP contribution < -0.4 is 5.32 Å². The van der Waals surface area contributed by atoms with Gasteiger partial charge in [0.15, 0.2) is 6.29 Å². The highest BCUT2D eigenvalue weighted by atomic mass is 16.7. The largest absolute Gasteiger partial charge is 0.394 e. The first-order valence-electron chi connectivity index (χ1n) is 35.1. The lowest BCUT2D eigenvalue weighted by Crippen LogP contribution is -2.60. The first kappa shape index (κ1) is 75.7. The van der Waals surface area contributed by atoms with Gasteiger partial charge in [0.25, 0.3) is 0 Å².